The third-order valence-corrected chi connectivity index (χ3v) is 6.46. The van der Waals surface area contributed by atoms with Gasteiger partial charge in [-0.15, -0.1) is 0 Å². The van der Waals surface area contributed by atoms with Gasteiger partial charge in [0.2, 0.25) is 11.8 Å². The van der Waals surface area contributed by atoms with Crippen molar-refractivity contribution in [1.29, 1.82) is 0 Å². The largest absolute Gasteiger partial charge is 0.444 e. The van der Waals surface area contributed by atoms with Crippen LogP contribution in [0, 0.1) is 11.8 Å². The maximum absolute atomic E-state index is 13.6. The SMILES string of the molecule is CC(C)CC[C@H](O)[C@H](CC(C)C)NC(=O)[C@H](Cc1cnc[nH]1)NC(=O)[C@H](Cc1ccccc1)NC(=O)OC(C)(C)C. The van der Waals surface area contributed by atoms with Gasteiger partial charge in [0, 0.05) is 24.7 Å². The van der Waals surface area contributed by atoms with Gasteiger partial charge < -0.3 is 30.8 Å². The van der Waals surface area contributed by atoms with E-state index in [4.69, 9.17) is 4.74 Å². The Morgan fingerprint density at radius 2 is 1.54 bits per heavy atom. The first kappa shape index (κ1) is 33.8. The summed E-state index contributed by atoms with van der Waals surface area (Å²) >= 11 is 0. The van der Waals surface area contributed by atoms with E-state index in [0.717, 1.165) is 12.0 Å². The van der Waals surface area contributed by atoms with Gasteiger partial charge in [-0.25, -0.2) is 9.78 Å². The molecule has 10 heteroatoms. The van der Waals surface area contributed by atoms with Gasteiger partial charge in [-0.2, -0.15) is 0 Å². The number of hydrogen-bond acceptors (Lipinski definition) is 6. The lowest BCUT2D eigenvalue weighted by molar-refractivity contribution is -0.131. The first-order valence-electron chi connectivity index (χ1n) is 14.5. The average molecular weight is 572 g/mol. The van der Waals surface area contributed by atoms with E-state index in [1.165, 1.54) is 6.33 Å². The molecule has 0 aliphatic heterocycles. The van der Waals surface area contributed by atoms with Crippen LogP contribution in [0.4, 0.5) is 4.79 Å². The number of nitrogens with zero attached hydrogens (tertiary/aromatic N) is 1. The van der Waals surface area contributed by atoms with E-state index in [2.05, 4.69) is 39.8 Å². The minimum absolute atomic E-state index is 0.151. The lowest BCUT2D eigenvalue weighted by Gasteiger charge is -2.29. The van der Waals surface area contributed by atoms with Crippen LogP contribution in [0.1, 0.15) is 79.0 Å². The normalized spacial score (nSPS) is 14.7. The lowest BCUT2D eigenvalue weighted by atomic mass is 9.93. The highest BCUT2D eigenvalue weighted by molar-refractivity contribution is 5.91. The third-order valence-electron chi connectivity index (χ3n) is 6.46. The van der Waals surface area contributed by atoms with Crippen molar-refractivity contribution in [2.75, 3.05) is 0 Å². The second-order valence-corrected chi connectivity index (χ2v) is 12.5. The molecule has 3 amide bonds. The molecule has 0 saturated carbocycles. The van der Waals surface area contributed by atoms with Crippen molar-refractivity contribution in [3.05, 3.63) is 54.1 Å². The molecule has 0 spiro atoms. The summed E-state index contributed by atoms with van der Waals surface area (Å²) in [6.07, 6.45) is 3.99. The van der Waals surface area contributed by atoms with Crippen LogP contribution in [0.5, 0.6) is 0 Å². The van der Waals surface area contributed by atoms with Crippen molar-refractivity contribution in [2.24, 2.45) is 11.8 Å². The molecule has 0 aliphatic carbocycles. The van der Waals surface area contributed by atoms with E-state index >= 15 is 0 Å². The number of carbonyl (C=O) groups excluding carboxylic acids is 3. The van der Waals surface area contributed by atoms with Gasteiger partial charge in [0.05, 0.1) is 18.5 Å². The van der Waals surface area contributed by atoms with E-state index in [9.17, 15) is 19.5 Å². The number of aromatic nitrogens is 2. The molecule has 0 fully saturated rings. The minimum Gasteiger partial charge on any atom is -0.444 e. The fourth-order valence-electron chi connectivity index (χ4n) is 4.42. The molecule has 5 N–H and O–H groups in total. The number of aromatic amines is 1. The first-order chi connectivity index (χ1) is 19.2. The number of amides is 3. The number of aliphatic hydroxyl groups excluding tert-OH is 1. The molecular formula is C31H49N5O5. The zero-order valence-electron chi connectivity index (χ0n) is 25.6. The second kappa shape index (κ2) is 16.1. The Balaban J connectivity index is 2.27. The van der Waals surface area contributed by atoms with Crippen LogP contribution in [0.2, 0.25) is 0 Å². The summed E-state index contributed by atoms with van der Waals surface area (Å²) in [6, 6.07) is 6.86. The van der Waals surface area contributed by atoms with E-state index < -0.39 is 47.7 Å². The number of rotatable bonds is 15. The van der Waals surface area contributed by atoms with Crippen molar-refractivity contribution in [3.63, 3.8) is 0 Å². The first-order valence-corrected chi connectivity index (χ1v) is 14.5. The predicted molar refractivity (Wildman–Crippen MR) is 159 cm³/mol. The molecule has 10 nitrogen and oxygen atoms in total. The molecule has 1 heterocycles. The Hall–Kier alpha value is -3.40. The van der Waals surface area contributed by atoms with Crippen LogP contribution < -0.4 is 16.0 Å². The number of imidazole rings is 1. The number of H-pyrrole nitrogens is 1. The van der Waals surface area contributed by atoms with Crippen LogP contribution in [-0.2, 0) is 27.2 Å². The Morgan fingerprint density at radius 3 is 2.10 bits per heavy atom. The van der Waals surface area contributed by atoms with Crippen molar-refractivity contribution >= 4 is 17.9 Å². The zero-order valence-corrected chi connectivity index (χ0v) is 25.6. The summed E-state index contributed by atoms with van der Waals surface area (Å²) < 4.78 is 5.40. The van der Waals surface area contributed by atoms with Crippen molar-refractivity contribution in [3.8, 4) is 0 Å². The topological polar surface area (TPSA) is 145 Å². The highest BCUT2D eigenvalue weighted by atomic mass is 16.6. The summed E-state index contributed by atoms with van der Waals surface area (Å²) in [5.74, 6) is -0.285. The van der Waals surface area contributed by atoms with E-state index in [-0.39, 0.29) is 18.8 Å². The molecule has 0 bridgehead atoms. The summed E-state index contributed by atoms with van der Waals surface area (Å²) in [5, 5.41) is 19.5. The number of carbonyl (C=O) groups is 3. The highest BCUT2D eigenvalue weighted by Gasteiger charge is 2.31. The molecular weight excluding hydrogens is 522 g/mol. The van der Waals surface area contributed by atoms with Gasteiger partial charge in [0.25, 0.3) is 0 Å². The molecule has 0 saturated heterocycles. The van der Waals surface area contributed by atoms with E-state index in [1.54, 1.807) is 27.0 Å². The lowest BCUT2D eigenvalue weighted by Crippen LogP contribution is -2.57. The molecule has 2 aromatic rings. The van der Waals surface area contributed by atoms with Crippen LogP contribution in [0.3, 0.4) is 0 Å². The van der Waals surface area contributed by atoms with Gasteiger partial charge in [0.1, 0.15) is 17.7 Å². The van der Waals surface area contributed by atoms with Gasteiger partial charge >= 0.3 is 6.09 Å². The number of nitrogens with one attached hydrogen (secondary N) is 4. The van der Waals surface area contributed by atoms with Crippen LogP contribution >= 0.6 is 0 Å². The summed E-state index contributed by atoms with van der Waals surface area (Å²) in [6.45, 7) is 13.5. The molecule has 0 radical (unpaired) electrons. The third kappa shape index (κ3) is 13.2. The van der Waals surface area contributed by atoms with E-state index in [1.807, 2.05) is 44.2 Å². The molecule has 41 heavy (non-hydrogen) atoms. The van der Waals surface area contributed by atoms with Gasteiger partial charge in [-0.1, -0.05) is 58.0 Å². The Morgan fingerprint density at radius 1 is 0.902 bits per heavy atom. The monoisotopic (exact) mass is 571 g/mol. The van der Waals surface area contributed by atoms with Crippen molar-refractivity contribution < 1.29 is 24.2 Å². The molecule has 2 rings (SSSR count). The smallest absolute Gasteiger partial charge is 0.408 e. The van der Waals surface area contributed by atoms with Crippen LogP contribution in [-0.4, -0.2) is 62.8 Å². The van der Waals surface area contributed by atoms with Crippen molar-refractivity contribution in [1.82, 2.24) is 25.9 Å². The predicted octanol–water partition coefficient (Wildman–Crippen LogP) is 3.90. The molecule has 1 aromatic carbocycles. The molecule has 4 atom stereocenters. The number of alkyl carbamates (subject to hydrolysis) is 1. The van der Waals surface area contributed by atoms with Gasteiger partial charge in [-0.3, -0.25) is 9.59 Å². The van der Waals surface area contributed by atoms with Crippen LogP contribution in [0.25, 0.3) is 0 Å². The quantitative estimate of drug-likeness (QED) is 0.219. The number of benzene rings is 1. The summed E-state index contributed by atoms with van der Waals surface area (Å²) in [5.41, 5.74) is 0.748. The van der Waals surface area contributed by atoms with Crippen LogP contribution in [0.15, 0.2) is 42.9 Å². The zero-order chi connectivity index (χ0) is 30.6. The fourth-order valence-corrected chi connectivity index (χ4v) is 4.42. The number of aliphatic hydroxyl groups is 1. The fraction of sp³-hybridized carbons (Fsp3) is 0.613. The summed E-state index contributed by atoms with van der Waals surface area (Å²) in [4.78, 5) is 46.9. The maximum Gasteiger partial charge on any atom is 0.408 e. The standard InChI is InChI=1S/C31H49N5O5/c1-20(2)13-14-27(37)24(15-21(3)4)34-29(39)26(17-23-18-32-19-33-23)35-28(38)25(16-22-11-9-8-10-12-22)36-30(40)41-31(5,6)7/h8-12,18-21,24-27,37H,13-17H2,1-7H3,(H,32,33)(H,34,39)(H,35,38)(H,36,40)/t24-,25-,26-,27-/m0/s1. The average Bonchev–Trinajstić information content (AvgIpc) is 3.38. The van der Waals surface area contributed by atoms with Crippen molar-refractivity contribution in [2.45, 2.75) is 110 Å². The Bertz CT molecular complexity index is 1070. The Labute approximate surface area is 244 Å². The van der Waals surface area contributed by atoms with Gasteiger partial charge in [0.15, 0.2) is 0 Å². The molecule has 228 valence electrons. The van der Waals surface area contributed by atoms with Gasteiger partial charge in [-0.05, 0) is 57.4 Å². The molecule has 0 aliphatic rings. The maximum atomic E-state index is 13.6. The number of hydrogen-bond donors (Lipinski definition) is 5. The molecule has 1 aromatic heterocycles. The highest BCUT2D eigenvalue weighted by Crippen LogP contribution is 2.16. The van der Waals surface area contributed by atoms with E-state index in [0.29, 0.717) is 24.5 Å². The molecule has 0 unspecified atom stereocenters. The minimum atomic E-state index is -0.993. The Kier molecular flexibility index (Phi) is 13.3. The number of ether oxygens (including phenoxy) is 1. The summed E-state index contributed by atoms with van der Waals surface area (Å²) in [7, 11) is 0. The second-order valence-electron chi connectivity index (χ2n) is 12.5.